The van der Waals surface area contributed by atoms with E-state index in [0.717, 1.165) is 16.1 Å². The van der Waals surface area contributed by atoms with Crippen molar-refractivity contribution in [1.82, 2.24) is 0 Å². The fourth-order valence-electron chi connectivity index (χ4n) is 3.19. The third-order valence-corrected chi connectivity index (χ3v) is 5.82. The van der Waals surface area contributed by atoms with E-state index in [-0.39, 0.29) is 17.5 Å². The van der Waals surface area contributed by atoms with Crippen LogP contribution in [-0.4, -0.2) is 18.4 Å². The lowest BCUT2D eigenvalue weighted by molar-refractivity contribution is -0.120. The molecule has 1 aliphatic heterocycles. The van der Waals surface area contributed by atoms with E-state index < -0.39 is 0 Å². The van der Waals surface area contributed by atoms with E-state index >= 15 is 0 Å². The summed E-state index contributed by atoms with van der Waals surface area (Å²) in [6.45, 7) is 4.45. The second kappa shape index (κ2) is 9.10. The van der Waals surface area contributed by atoms with Gasteiger partial charge in [0.05, 0.1) is 12.3 Å². The van der Waals surface area contributed by atoms with E-state index in [2.05, 4.69) is 5.32 Å². The van der Waals surface area contributed by atoms with Gasteiger partial charge in [-0.05, 0) is 62.4 Å². The van der Waals surface area contributed by atoms with Crippen molar-refractivity contribution in [2.45, 2.75) is 18.7 Å². The van der Waals surface area contributed by atoms with Crippen LogP contribution in [0.15, 0.2) is 94.4 Å². The van der Waals surface area contributed by atoms with Crippen molar-refractivity contribution < 1.29 is 14.3 Å². The zero-order valence-corrected chi connectivity index (χ0v) is 18.1. The molecule has 4 rings (SSSR count). The monoisotopic (exact) mass is 430 g/mol. The molecule has 0 fully saturated rings. The van der Waals surface area contributed by atoms with Crippen LogP contribution in [0.5, 0.6) is 5.75 Å². The van der Waals surface area contributed by atoms with E-state index in [4.69, 9.17) is 4.74 Å². The molecule has 31 heavy (non-hydrogen) atoms. The normalized spacial score (nSPS) is 13.7. The van der Waals surface area contributed by atoms with Crippen LogP contribution in [0.2, 0.25) is 0 Å². The third-order valence-electron chi connectivity index (χ3n) is 4.73. The van der Waals surface area contributed by atoms with Gasteiger partial charge >= 0.3 is 0 Å². The predicted octanol–water partition coefficient (Wildman–Crippen LogP) is 5.38. The molecule has 0 radical (unpaired) electrons. The van der Waals surface area contributed by atoms with E-state index in [1.807, 2.05) is 68.4 Å². The molecule has 1 N–H and O–H groups in total. The molecule has 0 unspecified atom stereocenters. The summed E-state index contributed by atoms with van der Waals surface area (Å²) in [5.41, 5.74) is 2.65. The molecule has 2 amide bonds. The zero-order valence-electron chi connectivity index (χ0n) is 17.3. The number of aryl methyl sites for hydroxylation is 1. The first-order chi connectivity index (χ1) is 15.1. The molecule has 3 aromatic rings. The van der Waals surface area contributed by atoms with Gasteiger partial charge in [-0.1, -0.05) is 47.7 Å². The number of amides is 2. The molecule has 5 nitrogen and oxygen atoms in total. The fourth-order valence-corrected chi connectivity index (χ4v) is 4.14. The maximum Gasteiger partial charge on any atom is 0.283 e. The lowest BCUT2D eigenvalue weighted by atomic mass is 10.2. The lowest BCUT2D eigenvalue weighted by Gasteiger charge is -2.16. The van der Waals surface area contributed by atoms with Gasteiger partial charge in [0, 0.05) is 10.6 Å². The van der Waals surface area contributed by atoms with Crippen LogP contribution in [0.4, 0.5) is 11.4 Å². The smallest absolute Gasteiger partial charge is 0.283 e. The number of benzene rings is 3. The van der Waals surface area contributed by atoms with Crippen molar-refractivity contribution in [2.24, 2.45) is 0 Å². The van der Waals surface area contributed by atoms with Crippen LogP contribution in [-0.2, 0) is 9.59 Å². The summed E-state index contributed by atoms with van der Waals surface area (Å²) in [5, 5.41) is 3.17. The third kappa shape index (κ3) is 4.49. The standard InChI is InChI=1S/C25H22N2O3S/c1-3-30-20-15-13-19(14-16-20)27-24(28)22(26-18-11-9-17(2)10-12-18)23(25(27)29)31-21-7-5-4-6-8-21/h4-16,26H,3H2,1-2H3. The largest absolute Gasteiger partial charge is 0.494 e. The highest BCUT2D eigenvalue weighted by Crippen LogP contribution is 2.38. The van der Waals surface area contributed by atoms with Crippen molar-refractivity contribution in [1.29, 1.82) is 0 Å². The molecule has 0 spiro atoms. The van der Waals surface area contributed by atoms with E-state index in [1.165, 1.54) is 16.7 Å². The number of nitrogens with one attached hydrogen (secondary N) is 1. The molecular weight excluding hydrogens is 408 g/mol. The van der Waals surface area contributed by atoms with Crippen molar-refractivity contribution in [3.8, 4) is 5.75 Å². The first kappa shape index (κ1) is 20.8. The summed E-state index contributed by atoms with van der Waals surface area (Å²) in [5.74, 6) is -0.0408. The van der Waals surface area contributed by atoms with Gasteiger partial charge in [0.2, 0.25) is 0 Å². The number of rotatable bonds is 7. The number of imide groups is 1. The van der Waals surface area contributed by atoms with Gasteiger partial charge in [-0.25, -0.2) is 4.90 Å². The van der Waals surface area contributed by atoms with Crippen LogP contribution in [0.1, 0.15) is 12.5 Å². The molecule has 156 valence electrons. The molecule has 6 heteroatoms. The zero-order chi connectivity index (χ0) is 21.8. The number of thioether (sulfide) groups is 1. The van der Waals surface area contributed by atoms with Crippen LogP contribution >= 0.6 is 11.8 Å². The first-order valence-electron chi connectivity index (χ1n) is 9.99. The highest BCUT2D eigenvalue weighted by atomic mass is 32.2. The Morgan fingerprint density at radius 2 is 1.55 bits per heavy atom. The van der Waals surface area contributed by atoms with Crippen molar-refractivity contribution >= 4 is 35.0 Å². The van der Waals surface area contributed by atoms with Gasteiger partial charge in [0.25, 0.3) is 11.8 Å². The quantitative estimate of drug-likeness (QED) is 0.510. The number of carbonyl (C=O) groups is 2. The molecule has 1 aliphatic rings. The van der Waals surface area contributed by atoms with Gasteiger partial charge in [-0.2, -0.15) is 0 Å². The molecule has 0 saturated heterocycles. The molecule has 3 aromatic carbocycles. The maximum atomic E-state index is 13.3. The maximum absolute atomic E-state index is 13.3. The van der Waals surface area contributed by atoms with Gasteiger partial charge < -0.3 is 10.1 Å². The highest BCUT2D eigenvalue weighted by molar-refractivity contribution is 8.04. The fraction of sp³-hybridized carbons (Fsp3) is 0.120. The summed E-state index contributed by atoms with van der Waals surface area (Å²) in [4.78, 5) is 29.1. The van der Waals surface area contributed by atoms with Crippen LogP contribution in [0.25, 0.3) is 0 Å². The van der Waals surface area contributed by atoms with Crippen LogP contribution in [0, 0.1) is 6.92 Å². The summed E-state index contributed by atoms with van der Waals surface area (Å²) in [6.07, 6.45) is 0. The molecule has 1 heterocycles. The Hall–Kier alpha value is -3.51. The summed E-state index contributed by atoms with van der Waals surface area (Å²) in [7, 11) is 0. The molecule has 0 bridgehead atoms. The van der Waals surface area contributed by atoms with Crippen molar-refractivity contribution in [3.05, 3.63) is 95.0 Å². The Morgan fingerprint density at radius 1 is 0.871 bits per heavy atom. The minimum absolute atomic E-state index is 0.275. The van der Waals surface area contributed by atoms with Gasteiger partial charge in [0.1, 0.15) is 16.4 Å². The minimum atomic E-state index is -0.381. The Kier molecular flexibility index (Phi) is 6.09. The molecule has 0 aromatic heterocycles. The number of hydrogen-bond acceptors (Lipinski definition) is 5. The van der Waals surface area contributed by atoms with Crippen molar-refractivity contribution in [3.63, 3.8) is 0 Å². The second-order valence-electron chi connectivity index (χ2n) is 6.98. The number of ether oxygens (including phenoxy) is 1. The molecule has 0 saturated carbocycles. The predicted molar refractivity (Wildman–Crippen MR) is 124 cm³/mol. The van der Waals surface area contributed by atoms with E-state index in [9.17, 15) is 9.59 Å². The lowest BCUT2D eigenvalue weighted by Crippen LogP contribution is -2.32. The number of nitrogens with zero attached hydrogens (tertiary/aromatic N) is 1. The van der Waals surface area contributed by atoms with Crippen molar-refractivity contribution in [2.75, 3.05) is 16.8 Å². The molecule has 0 aliphatic carbocycles. The van der Waals surface area contributed by atoms with E-state index in [0.29, 0.717) is 22.9 Å². The SMILES string of the molecule is CCOc1ccc(N2C(=O)C(Nc3ccc(C)cc3)=C(Sc3ccccc3)C2=O)cc1. The average Bonchev–Trinajstić information content (AvgIpc) is 3.01. The Labute approximate surface area is 185 Å². The van der Waals surface area contributed by atoms with E-state index in [1.54, 1.807) is 24.3 Å². The number of anilines is 2. The second-order valence-corrected chi connectivity index (χ2v) is 8.07. The van der Waals surface area contributed by atoms with Crippen LogP contribution in [0.3, 0.4) is 0 Å². The number of carbonyl (C=O) groups excluding carboxylic acids is 2. The van der Waals surface area contributed by atoms with Gasteiger partial charge in [-0.15, -0.1) is 0 Å². The first-order valence-corrected chi connectivity index (χ1v) is 10.8. The summed E-state index contributed by atoms with van der Waals surface area (Å²) >= 11 is 1.28. The average molecular weight is 431 g/mol. The van der Waals surface area contributed by atoms with Crippen LogP contribution < -0.4 is 15.0 Å². The van der Waals surface area contributed by atoms with Gasteiger partial charge in [0.15, 0.2) is 0 Å². The Balaban J connectivity index is 1.69. The Bertz CT molecular complexity index is 1120. The minimum Gasteiger partial charge on any atom is -0.494 e. The highest BCUT2D eigenvalue weighted by Gasteiger charge is 2.40. The molecular formula is C25H22N2O3S. The van der Waals surface area contributed by atoms with Gasteiger partial charge in [-0.3, -0.25) is 9.59 Å². The Morgan fingerprint density at radius 3 is 2.19 bits per heavy atom. The topological polar surface area (TPSA) is 58.6 Å². The summed E-state index contributed by atoms with van der Waals surface area (Å²) < 4.78 is 5.47. The molecule has 0 atom stereocenters. The number of hydrogen-bond donors (Lipinski definition) is 1. The summed E-state index contributed by atoms with van der Waals surface area (Å²) in [6, 6.07) is 24.2.